The normalized spacial score (nSPS) is 17.3. The summed E-state index contributed by atoms with van der Waals surface area (Å²) in [6.07, 6.45) is 3.67. The van der Waals surface area contributed by atoms with Crippen molar-refractivity contribution in [3.8, 4) is 5.75 Å². The summed E-state index contributed by atoms with van der Waals surface area (Å²) in [6.45, 7) is 4.37. The number of nitrogens with zero attached hydrogens (tertiary/aromatic N) is 2. The molecule has 1 aliphatic heterocycles. The van der Waals surface area contributed by atoms with Crippen LogP contribution in [0.5, 0.6) is 5.75 Å². The number of amides is 1. The van der Waals surface area contributed by atoms with Gasteiger partial charge in [0.15, 0.2) is 0 Å². The van der Waals surface area contributed by atoms with Crippen molar-refractivity contribution in [3.05, 3.63) is 59.9 Å². The molecule has 23 heavy (non-hydrogen) atoms. The van der Waals surface area contributed by atoms with Gasteiger partial charge in [0.25, 0.3) is 5.91 Å². The van der Waals surface area contributed by atoms with Gasteiger partial charge < -0.3 is 9.64 Å². The van der Waals surface area contributed by atoms with Gasteiger partial charge in [0, 0.05) is 19.3 Å². The minimum Gasteiger partial charge on any atom is -0.494 e. The van der Waals surface area contributed by atoms with Crippen LogP contribution in [0.4, 0.5) is 0 Å². The lowest BCUT2D eigenvalue weighted by Crippen LogP contribution is -2.29. The van der Waals surface area contributed by atoms with Crippen molar-refractivity contribution in [1.29, 1.82) is 0 Å². The number of hydrogen-bond acceptors (Lipinski definition) is 3. The molecule has 1 aliphatic rings. The van der Waals surface area contributed by atoms with Gasteiger partial charge in [0.05, 0.1) is 6.61 Å². The second-order valence-corrected chi connectivity index (χ2v) is 6.07. The van der Waals surface area contributed by atoms with E-state index >= 15 is 0 Å². The summed E-state index contributed by atoms with van der Waals surface area (Å²) >= 11 is 0. The lowest BCUT2D eigenvalue weighted by Gasteiger charge is -2.16. The SMILES string of the molecule is Cc1ccc(OCCC2CCN(C(=O)c3ccccn3)C2)cc1. The number of hydrogen-bond donors (Lipinski definition) is 0. The molecule has 0 spiro atoms. The molecule has 1 aromatic heterocycles. The minimum absolute atomic E-state index is 0.0348. The number of benzene rings is 1. The molecule has 2 aromatic rings. The van der Waals surface area contributed by atoms with Crippen LogP contribution in [0.1, 0.15) is 28.9 Å². The average molecular weight is 310 g/mol. The highest BCUT2D eigenvalue weighted by atomic mass is 16.5. The fourth-order valence-electron chi connectivity index (χ4n) is 2.88. The van der Waals surface area contributed by atoms with Crippen molar-refractivity contribution in [1.82, 2.24) is 9.88 Å². The summed E-state index contributed by atoms with van der Waals surface area (Å²) in [5.41, 5.74) is 1.76. The van der Waals surface area contributed by atoms with E-state index in [0.29, 0.717) is 18.2 Å². The molecule has 0 aliphatic carbocycles. The molecule has 1 saturated heterocycles. The van der Waals surface area contributed by atoms with Gasteiger partial charge in [-0.25, -0.2) is 0 Å². The van der Waals surface area contributed by atoms with E-state index in [2.05, 4.69) is 24.0 Å². The lowest BCUT2D eigenvalue weighted by atomic mass is 10.1. The molecule has 1 atom stereocenters. The lowest BCUT2D eigenvalue weighted by molar-refractivity contribution is 0.0779. The maximum absolute atomic E-state index is 12.4. The molecule has 3 rings (SSSR count). The van der Waals surface area contributed by atoms with E-state index in [1.54, 1.807) is 12.3 Å². The van der Waals surface area contributed by atoms with Crippen molar-refractivity contribution in [2.75, 3.05) is 19.7 Å². The zero-order chi connectivity index (χ0) is 16.1. The molecule has 0 radical (unpaired) electrons. The standard InChI is InChI=1S/C19H22N2O2/c1-15-5-7-17(8-6-15)23-13-10-16-9-12-21(14-16)19(22)18-4-2-3-11-20-18/h2-8,11,16H,9-10,12-14H2,1H3. The molecule has 4 nitrogen and oxygen atoms in total. The molecule has 0 saturated carbocycles. The summed E-state index contributed by atoms with van der Waals surface area (Å²) < 4.78 is 5.79. The number of pyridine rings is 1. The highest BCUT2D eigenvalue weighted by molar-refractivity contribution is 5.92. The van der Waals surface area contributed by atoms with Crippen LogP contribution in [0.3, 0.4) is 0 Å². The molecule has 1 unspecified atom stereocenters. The first-order chi connectivity index (χ1) is 11.2. The van der Waals surface area contributed by atoms with Crippen LogP contribution >= 0.6 is 0 Å². The average Bonchev–Trinajstić information content (AvgIpc) is 3.06. The molecule has 2 heterocycles. The Balaban J connectivity index is 1.45. The first-order valence-electron chi connectivity index (χ1n) is 8.12. The van der Waals surface area contributed by atoms with E-state index in [4.69, 9.17) is 4.74 Å². The van der Waals surface area contributed by atoms with Gasteiger partial charge in [0.2, 0.25) is 0 Å². The van der Waals surface area contributed by atoms with Gasteiger partial charge in [-0.1, -0.05) is 23.8 Å². The van der Waals surface area contributed by atoms with E-state index in [9.17, 15) is 4.79 Å². The summed E-state index contributed by atoms with van der Waals surface area (Å²) in [6, 6.07) is 13.6. The van der Waals surface area contributed by atoms with E-state index in [1.807, 2.05) is 29.2 Å². The minimum atomic E-state index is 0.0348. The van der Waals surface area contributed by atoms with Crippen molar-refractivity contribution in [3.63, 3.8) is 0 Å². The first-order valence-corrected chi connectivity index (χ1v) is 8.12. The number of aryl methyl sites for hydroxylation is 1. The van der Waals surface area contributed by atoms with Crippen molar-refractivity contribution < 1.29 is 9.53 Å². The fourth-order valence-corrected chi connectivity index (χ4v) is 2.88. The van der Waals surface area contributed by atoms with E-state index in [0.717, 1.165) is 31.7 Å². The monoisotopic (exact) mass is 310 g/mol. The predicted molar refractivity (Wildman–Crippen MR) is 89.5 cm³/mol. The molecule has 0 N–H and O–H groups in total. The first kappa shape index (κ1) is 15.5. The van der Waals surface area contributed by atoms with Crippen molar-refractivity contribution in [2.24, 2.45) is 5.92 Å². The molecule has 1 amide bonds. The predicted octanol–water partition coefficient (Wildman–Crippen LogP) is 3.32. The fraction of sp³-hybridized carbons (Fsp3) is 0.368. The smallest absolute Gasteiger partial charge is 0.272 e. The molecule has 4 heteroatoms. The van der Waals surface area contributed by atoms with Gasteiger partial charge >= 0.3 is 0 Å². The van der Waals surface area contributed by atoms with Crippen LogP contribution in [0.25, 0.3) is 0 Å². The number of likely N-dealkylation sites (tertiary alicyclic amines) is 1. The largest absolute Gasteiger partial charge is 0.494 e. The number of carbonyl (C=O) groups is 1. The van der Waals surface area contributed by atoms with Gasteiger partial charge in [-0.3, -0.25) is 9.78 Å². The maximum atomic E-state index is 12.4. The summed E-state index contributed by atoms with van der Waals surface area (Å²) in [4.78, 5) is 18.4. The van der Waals surface area contributed by atoms with Gasteiger partial charge in [-0.2, -0.15) is 0 Å². The number of rotatable bonds is 5. The second-order valence-electron chi connectivity index (χ2n) is 6.07. The Morgan fingerprint density at radius 2 is 2.09 bits per heavy atom. The van der Waals surface area contributed by atoms with E-state index in [1.165, 1.54) is 5.56 Å². The highest BCUT2D eigenvalue weighted by Crippen LogP contribution is 2.22. The van der Waals surface area contributed by atoms with Crippen LogP contribution in [0.2, 0.25) is 0 Å². The zero-order valence-electron chi connectivity index (χ0n) is 13.4. The number of carbonyl (C=O) groups excluding carboxylic acids is 1. The quantitative estimate of drug-likeness (QED) is 0.851. The molecule has 1 fully saturated rings. The third kappa shape index (κ3) is 4.09. The van der Waals surface area contributed by atoms with Crippen LogP contribution in [-0.2, 0) is 0 Å². The van der Waals surface area contributed by atoms with Gasteiger partial charge in [0.1, 0.15) is 11.4 Å². The zero-order valence-corrected chi connectivity index (χ0v) is 13.4. The van der Waals surface area contributed by atoms with Crippen LogP contribution in [0, 0.1) is 12.8 Å². The summed E-state index contributed by atoms with van der Waals surface area (Å²) in [7, 11) is 0. The van der Waals surface area contributed by atoms with Crippen LogP contribution < -0.4 is 4.74 Å². The third-order valence-corrected chi connectivity index (χ3v) is 4.27. The number of aromatic nitrogens is 1. The Morgan fingerprint density at radius 1 is 1.26 bits per heavy atom. The Hall–Kier alpha value is -2.36. The molecule has 1 aromatic carbocycles. The van der Waals surface area contributed by atoms with Gasteiger partial charge in [-0.05, 0) is 49.9 Å². The van der Waals surface area contributed by atoms with Crippen molar-refractivity contribution in [2.45, 2.75) is 19.8 Å². The molecule has 0 bridgehead atoms. The second kappa shape index (κ2) is 7.27. The van der Waals surface area contributed by atoms with Crippen molar-refractivity contribution >= 4 is 5.91 Å². The molecular weight excluding hydrogens is 288 g/mol. The Morgan fingerprint density at radius 3 is 2.83 bits per heavy atom. The molecular formula is C19H22N2O2. The Labute approximate surface area is 137 Å². The Bertz CT molecular complexity index is 640. The van der Waals surface area contributed by atoms with E-state index in [-0.39, 0.29) is 5.91 Å². The third-order valence-electron chi connectivity index (χ3n) is 4.27. The highest BCUT2D eigenvalue weighted by Gasteiger charge is 2.27. The molecule has 120 valence electrons. The maximum Gasteiger partial charge on any atom is 0.272 e. The number of ether oxygens (including phenoxy) is 1. The topological polar surface area (TPSA) is 42.4 Å². The summed E-state index contributed by atoms with van der Waals surface area (Å²) in [5.74, 6) is 1.45. The van der Waals surface area contributed by atoms with Crippen LogP contribution in [0.15, 0.2) is 48.7 Å². The van der Waals surface area contributed by atoms with Crippen LogP contribution in [-0.4, -0.2) is 35.5 Å². The Kier molecular flexibility index (Phi) is 4.91. The summed E-state index contributed by atoms with van der Waals surface area (Å²) in [5, 5.41) is 0. The van der Waals surface area contributed by atoms with Gasteiger partial charge in [-0.15, -0.1) is 0 Å². The van der Waals surface area contributed by atoms with E-state index < -0.39 is 0 Å².